The fourth-order valence-electron chi connectivity index (χ4n) is 4.12. The van der Waals surface area contributed by atoms with E-state index in [9.17, 15) is 21.6 Å². The highest BCUT2D eigenvalue weighted by molar-refractivity contribution is 8.08. The van der Waals surface area contributed by atoms with Gasteiger partial charge in [0.2, 0.25) is 24.3 Å². The first kappa shape index (κ1) is 23.7. The third kappa shape index (κ3) is 4.04. The van der Waals surface area contributed by atoms with Gasteiger partial charge in [-0.1, -0.05) is 78.9 Å². The summed E-state index contributed by atoms with van der Waals surface area (Å²) in [6.07, 6.45) is 0. The zero-order valence-corrected chi connectivity index (χ0v) is 20.4. The fraction of sp³-hybridized carbons (Fsp3) is 0.0357. The summed E-state index contributed by atoms with van der Waals surface area (Å²) >= 11 is 0. The highest BCUT2D eigenvalue weighted by Gasteiger charge is 2.45. The lowest BCUT2D eigenvalue weighted by Gasteiger charge is -2.21. The Kier molecular flexibility index (Phi) is 6.07. The summed E-state index contributed by atoms with van der Waals surface area (Å²) in [7, 11) is -9.26. The van der Waals surface area contributed by atoms with Crippen LogP contribution in [0.5, 0.6) is 0 Å². The number of para-hydroxylation sites is 1. The zero-order valence-electron chi connectivity index (χ0n) is 18.8. The molecule has 1 heterocycles. The van der Waals surface area contributed by atoms with Crippen molar-refractivity contribution in [2.24, 2.45) is 0 Å². The van der Waals surface area contributed by atoms with Crippen molar-refractivity contribution < 1.29 is 21.3 Å². The van der Waals surface area contributed by atoms with Gasteiger partial charge in [-0.2, -0.15) is 0 Å². The number of fused-ring (bicyclic) bond motifs is 1. The lowest BCUT2D eigenvalue weighted by atomic mass is 10.1. The minimum Gasteiger partial charge on any atom is -0.455 e. The fourth-order valence-corrected chi connectivity index (χ4v) is 8.74. The molecule has 0 N–H and O–H groups in total. The van der Waals surface area contributed by atoms with E-state index in [0.717, 1.165) is 0 Å². The van der Waals surface area contributed by atoms with Crippen molar-refractivity contribution in [2.45, 2.75) is 14.4 Å². The number of sulfone groups is 2. The normalized spacial score (nSPS) is 12.1. The maximum Gasteiger partial charge on any atom is 0.204 e. The van der Waals surface area contributed by atoms with Crippen LogP contribution >= 0.6 is 0 Å². The van der Waals surface area contributed by atoms with Gasteiger partial charge in [-0.25, -0.2) is 16.8 Å². The van der Waals surface area contributed by atoms with Crippen molar-refractivity contribution in [2.75, 3.05) is 0 Å². The van der Waals surface area contributed by atoms with Crippen LogP contribution in [0.4, 0.5) is 0 Å². The molecule has 0 amide bonds. The van der Waals surface area contributed by atoms with E-state index in [2.05, 4.69) is 0 Å². The minimum absolute atomic E-state index is 0.0868. The number of rotatable bonds is 6. The second-order valence-corrected chi connectivity index (χ2v) is 12.4. The summed E-state index contributed by atoms with van der Waals surface area (Å²) in [6.45, 7) is 0. The van der Waals surface area contributed by atoms with Crippen LogP contribution in [0.25, 0.3) is 22.3 Å². The van der Waals surface area contributed by atoms with Crippen molar-refractivity contribution in [3.63, 3.8) is 0 Å². The van der Waals surface area contributed by atoms with E-state index in [4.69, 9.17) is 4.42 Å². The molecule has 8 heteroatoms. The van der Waals surface area contributed by atoms with Gasteiger partial charge in [-0.3, -0.25) is 4.79 Å². The molecule has 0 atom stereocenters. The molecule has 0 aliphatic heterocycles. The Balaban J connectivity index is 1.95. The smallest absolute Gasteiger partial charge is 0.204 e. The van der Waals surface area contributed by atoms with Crippen molar-refractivity contribution in [1.82, 2.24) is 0 Å². The summed E-state index contributed by atoms with van der Waals surface area (Å²) < 4.78 is 60.1. The average Bonchev–Trinajstić information content (AvgIpc) is 2.91. The predicted octanol–water partition coefficient (Wildman–Crippen LogP) is 5.41. The van der Waals surface area contributed by atoms with Crippen LogP contribution in [-0.2, 0) is 19.7 Å². The Morgan fingerprint density at radius 1 is 0.556 bits per heavy atom. The standard InChI is InChI=1S/C28H20O6S2/c29-26-23-18-10-11-19-24(23)34-27(20-12-4-1-5-13-20)25(26)28(35(30,31)21-14-6-2-7-15-21)36(32,33)22-16-8-3-9-17-22/h1-19,28H. The largest absolute Gasteiger partial charge is 0.455 e. The van der Waals surface area contributed by atoms with Gasteiger partial charge >= 0.3 is 0 Å². The van der Waals surface area contributed by atoms with Crippen LogP contribution < -0.4 is 5.43 Å². The van der Waals surface area contributed by atoms with Gasteiger partial charge < -0.3 is 4.42 Å². The van der Waals surface area contributed by atoms with Gasteiger partial charge in [0, 0.05) is 5.56 Å². The first-order valence-electron chi connectivity index (χ1n) is 11.0. The molecule has 4 aromatic carbocycles. The quantitative estimate of drug-likeness (QED) is 0.299. The number of hydrogen-bond acceptors (Lipinski definition) is 6. The highest BCUT2D eigenvalue weighted by atomic mass is 32.3. The average molecular weight is 517 g/mol. The molecule has 0 spiro atoms. The van der Waals surface area contributed by atoms with Gasteiger partial charge in [0.15, 0.2) is 5.43 Å². The maximum absolute atomic E-state index is 14.1. The predicted molar refractivity (Wildman–Crippen MR) is 138 cm³/mol. The van der Waals surface area contributed by atoms with Crippen LogP contribution in [-0.4, -0.2) is 16.8 Å². The molecule has 0 radical (unpaired) electrons. The van der Waals surface area contributed by atoms with Crippen LogP contribution in [0, 0.1) is 0 Å². The lowest BCUT2D eigenvalue weighted by molar-refractivity contribution is 0.570. The van der Waals surface area contributed by atoms with Crippen molar-refractivity contribution in [1.29, 1.82) is 0 Å². The monoisotopic (exact) mass is 516 g/mol. The molecule has 6 nitrogen and oxygen atoms in total. The Hall–Kier alpha value is -4.01. The maximum atomic E-state index is 14.1. The Bertz CT molecular complexity index is 1740. The Labute approximate surface area is 208 Å². The van der Waals surface area contributed by atoms with E-state index in [-0.39, 0.29) is 26.5 Å². The molecule has 0 aliphatic carbocycles. The van der Waals surface area contributed by atoms with Crippen LogP contribution in [0.2, 0.25) is 0 Å². The van der Waals surface area contributed by atoms with E-state index < -0.39 is 35.2 Å². The summed E-state index contributed by atoms with van der Waals surface area (Å²) in [5.41, 5.74) is -0.572. The molecule has 5 rings (SSSR count). The highest BCUT2D eigenvalue weighted by Crippen LogP contribution is 2.41. The van der Waals surface area contributed by atoms with Gasteiger partial charge in [0.05, 0.1) is 20.7 Å². The summed E-state index contributed by atoms with van der Waals surface area (Å²) in [4.78, 5) is 13.5. The molecule has 0 saturated heterocycles. The summed E-state index contributed by atoms with van der Waals surface area (Å²) in [5, 5.41) is 0.0868. The number of hydrogen-bond donors (Lipinski definition) is 0. The third-order valence-electron chi connectivity index (χ3n) is 5.81. The first-order chi connectivity index (χ1) is 17.3. The third-order valence-corrected chi connectivity index (χ3v) is 10.8. The zero-order chi connectivity index (χ0) is 25.3. The summed E-state index contributed by atoms with van der Waals surface area (Å²) in [5.74, 6) is -0.108. The van der Waals surface area contributed by atoms with E-state index in [1.807, 2.05) is 0 Å². The van der Waals surface area contributed by atoms with Crippen LogP contribution in [0.1, 0.15) is 10.1 Å². The number of benzene rings is 4. The summed E-state index contributed by atoms with van der Waals surface area (Å²) in [6, 6.07) is 29.3. The molecule has 0 unspecified atom stereocenters. The molecule has 0 aliphatic rings. The SMILES string of the molecule is O=c1c(C(S(=O)(=O)c2ccccc2)S(=O)(=O)c2ccccc2)c(-c2ccccc2)oc2ccccc12. The molecule has 180 valence electrons. The van der Waals surface area contributed by atoms with E-state index >= 15 is 0 Å². The molecule has 1 aromatic heterocycles. The molecule has 36 heavy (non-hydrogen) atoms. The topological polar surface area (TPSA) is 98.5 Å². The van der Waals surface area contributed by atoms with Crippen molar-refractivity contribution in [3.8, 4) is 11.3 Å². The van der Waals surface area contributed by atoms with Gasteiger partial charge in [0.1, 0.15) is 11.3 Å². The Morgan fingerprint density at radius 3 is 1.53 bits per heavy atom. The molecule has 5 aromatic rings. The van der Waals surface area contributed by atoms with E-state index in [1.165, 1.54) is 54.6 Å². The first-order valence-corrected chi connectivity index (χ1v) is 14.1. The van der Waals surface area contributed by atoms with Crippen molar-refractivity contribution >= 4 is 30.6 Å². The molecule has 0 fully saturated rings. The van der Waals surface area contributed by atoms with Gasteiger partial charge in [-0.05, 0) is 36.4 Å². The Morgan fingerprint density at radius 2 is 1.00 bits per heavy atom. The van der Waals surface area contributed by atoms with Crippen LogP contribution in [0.15, 0.2) is 134 Å². The second kappa shape index (κ2) is 9.22. The molecular formula is C28H20O6S2. The lowest BCUT2D eigenvalue weighted by Crippen LogP contribution is -2.29. The molecule has 0 saturated carbocycles. The van der Waals surface area contributed by atoms with E-state index in [0.29, 0.717) is 5.56 Å². The second-order valence-electron chi connectivity index (χ2n) is 8.08. The minimum atomic E-state index is -4.63. The van der Waals surface area contributed by atoms with Crippen molar-refractivity contribution in [3.05, 3.63) is 131 Å². The van der Waals surface area contributed by atoms with Gasteiger partial charge in [0.25, 0.3) is 0 Å². The van der Waals surface area contributed by atoms with Gasteiger partial charge in [-0.15, -0.1) is 0 Å². The molecular weight excluding hydrogens is 496 g/mol. The van der Waals surface area contributed by atoms with E-state index in [1.54, 1.807) is 60.7 Å². The van der Waals surface area contributed by atoms with Crippen LogP contribution in [0.3, 0.4) is 0 Å². The molecule has 0 bridgehead atoms.